The number of fused-ring (bicyclic) bond motifs is 5. The Kier molecular flexibility index (Phi) is 3.04. The lowest BCUT2D eigenvalue weighted by molar-refractivity contribution is 0.669. The highest BCUT2D eigenvalue weighted by atomic mass is 16.3. The van der Waals surface area contributed by atoms with Gasteiger partial charge in [0.15, 0.2) is 0 Å². The maximum Gasteiger partial charge on any atom is 0.136 e. The smallest absolute Gasteiger partial charge is 0.136 e. The van der Waals surface area contributed by atoms with Gasteiger partial charge in [-0.25, -0.2) is 0 Å². The fourth-order valence-corrected chi connectivity index (χ4v) is 5.48. The van der Waals surface area contributed by atoms with Gasteiger partial charge in [-0.15, -0.1) is 0 Å². The molecule has 0 saturated carbocycles. The van der Waals surface area contributed by atoms with E-state index in [9.17, 15) is 2.74 Å². The van der Waals surface area contributed by atoms with Crippen LogP contribution in [0.1, 0.15) is 15.1 Å². The average molecular weight is 508 g/mol. The lowest BCUT2D eigenvalue weighted by atomic mass is 9.85. The van der Waals surface area contributed by atoms with Gasteiger partial charge in [0.05, 0.1) is 15.1 Å². The molecule has 0 N–H and O–H groups in total. The van der Waals surface area contributed by atoms with E-state index < -0.39 is 54.4 Å². The minimum Gasteiger partial charge on any atom is -0.456 e. The Hall–Kier alpha value is -5.14. The van der Waals surface area contributed by atoms with Gasteiger partial charge in [-0.05, 0) is 73.1 Å². The molecule has 0 spiro atoms. The molecule has 7 aromatic carbocycles. The molecule has 8 rings (SSSR count). The second kappa shape index (κ2) is 8.72. The van der Waals surface area contributed by atoms with E-state index in [1.165, 1.54) is 0 Å². The van der Waals surface area contributed by atoms with Crippen molar-refractivity contribution in [2.24, 2.45) is 0 Å². The summed E-state index contributed by atoms with van der Waals surface area (Å²) in [6.07, 6.45) is 0. The van der Waals surface area contributed by atoms with E-state index >= 15 is 0 Å². The van der Waals surface area contributed by atoms with E-state index in [2.05, 4.69) is 0 Å². The Morgan fingerprint density at radius 1 is 0.436 bits per heavy atom. The van der Waals surface area contributed by atoms with Crippen molar-refractivity contribution in [3.63, 3.8) is 0 Å². The van der Waals surface area contributed by atoms with Gasteiger partial charge in [0.2, 0.25) is 0 Å². The highest BCUT2D eigenvalue weighted by Gasteiger charge is 2.20. The van der Waals surface area contributed by atoms with Gasteiger partial charge in [-0.3, -0.25) is 0 Å². The monoisotopic (exact) mass is 507 g/mol. The third-order valence-corrected chi connectivity index (χ3v) is 7.07. The first kappa shape index (κ1) is 13.6. The van der Waals surface area contributed by atoms with E-state index in [-0.39, 0.29) is 50.7 Å². The van der Waals surface area contributed by atoms with Crippen molar-refractivity contribution in [2.75, 3.05) is 0 Å². The summed E-state index contributed by atoms with van der Waals surface area (Å²) in [5.74, 6) is 0. The zero-order valence-electron chi connectivity index (χ0n) is 31.4. The van der Waals surface area contributed by atoms with Gasteiger partial charge in [0.1, 0.15) is 11.2 Å². The number of benzene rings is 7. The summed E-state index contributed by atoms with van der Waals surface area (Å²) < 4.78 is 103. The Labute approximate surface area is 242 Å². The highest BCUT2D eigenvalue weighted by Crippen LogP contribution is 2.46. The predicted molar refractivity (Wildman–Crippen MR) is 165 cm³/mol. The molecule has 0 aliphatic carbocycles. The van der Waals surface area contributed by atoms with Crippen LogP contribution in [0.4, 0.5) is 0 Å². The number of hydrogen-bond acceptors (Lipinski definition) is 1. The Bertz CT molecular complexity index is 2680. The molecule has 0 amide bonds. The van der Waals surface area contributed by atoms with E-state index in [1.54, 1.807) is 0 Å². The molecular formula is C38H24O. The van der Waals surface area contributed by atoms with Gasteiger partial charge >= 0.3 is 0 Å². The molecule has 8 aromatic rings. The van der Waals surface area contributed by atoms with Crippen molar-refractivity contribution in [1.29, 1.82) is 0 Å². The van der Waals surface area contributed by atoms with E-state index in [0.29, 0.717) is 16.3 Å². The summed E-state index contributed by atoms with van der Waals surface area (Å²) in [4.78, 5) is 0. The summed E-state index contributed by atoms with van der Waals surface area (Å²) in [5.41, 5.74) is 1.46. The van der Waals surface area contributed by atoms with Crippen LogP contribution in [0, 0.1) is 0 Å². The van der Waals surface area contributed by atoms with E-state index in [4.69, 9.17) is 16.8 Å². The standard InChI is InChI=1S/C38H24O/c1-3-13-25(14-4-1)33-23-27(24-35-38(33)32-21-11-12-22-34(32)39-35)37-30-19-9-7-17-28(30)36(26-15-5-2-6-16-26)29-18-8-10-20-31(29)37/h1-24H/i1D,3D,4D,11D,12D,13D,14D,21D,22D,23D,24D. The number of furan rings is 1. The van der Waals surface area contributed by atoms with Crippen molar-refractivity contribution >= 4 is 43.5 Å². The maximum absolute atomic E-state index is 9.85. The van der Waals surface area contributed by atoms with Crippen LogP contribution >= 0.6 is 0 Å². The van der Waals surface area contributed by atoms with Crippen LogP contribution in [0.15, 0.2) is 150 Å². The molecule has 0 bridgehead atoms. The fraction of sp³-hybridized carbons (Fsp3) is 0. The van der Waals surface area contributed by atoms with Gasteiger partial charge in [-0.1, -0.05) is 127 Å². The number of hydrogen-bond donors (Lipinski definition) is 0. The normalized spacial score (nSPS) is 15.5. The Balaban J connectivity index is 1.66. The van der Waals surface area contributed by atoms with Gasteiger partial charge in [0, 0.05) is 10.8 Å². The molecule has 0 saturated heterocycles. The van der Waals surface area contributed by atoms with E-state index in [1.807, 2.05) is 78.9 Å². The minimum absolute atomic E-state index is 0.0561. The summed E-state index contributed by atoms with van der Waals surface area (Å²) >= 11 is 0. The largest absolute Gasteiger partial charge is 0.456 e. The van der Waals surface area contributed by atoms with Crippen molar-refractivity contribution in [3.05, 3.63) is 145 Å². The predicted octanol–water partition coefficient (Wildman–Crippen LogP) is 10.9. The average Bonchev–Trinajstić information content (AvgIpc) is 3.54. The molecule has 0 aliphatic rings. The minimum atomic E-state index is -0.636. The summed E-state index contributed by atoms with van der Waals surface area (Å²) in [6, 6.07) is 19.2. The van der Waals surface area contributed by atoms with Crippen LogP contribution < -0.4 is 0 Å². The Morgan fingerprint density at radius 3 is 1.67 bits per heavy atom. The first-order chi connectivity index (χ1) is 24.0. The molecule has 0 unspecified atom stereocenters. The molecule has 1 nitrogen and oxygen atoms in total. The lowest BCUT2D eigenvalue weighted by Gasteiger charge is -2.18. The van der Waals surface area contributed by atoms with Gasteiger partial charge < -0.3 is 4.42 Å². The van der Waals surface area contributed by atoms with E-state index in [0.717, 1.165) is 21.9 Å². The molecule has 0 atom stereocenters. The van der Waals surface area contributed by atoms with Crippen LogP contribution in [-0.4, -0.2) is 0 Å². The van der Waals surface area contributed by atoms with Crippen LogP contribution in [0.5, 0.6) is 0 Å². The van der Waals surface area contributed by atoms with Crippen molar-refractivity contribution in [2.45, 2.75) is 0 Å². The first-order valence-electron chi connectivity index (χ1n) is 18.0. The van der Waals surface area contributed by atoms with Crippen molar-refractivity contribution < 1.29 is 19.5 Å². The fourth-order valence-electron chi connectivity index (χ4n) is 5.48. The number of para-hydroxylation sites is 1. The van der Waals surface area contributed by atoms with Crippen LogP contribution in [-0.2, 0) is 0 Å². The molecule has 39 heavy (non-hydrogen) atoms. The van der Waals surface area contributed by atoms with Gasteiger partial charge in [0.25, 0.3) is 0 Å². The zero-order valence-corrected chi connectivity index (χ0v) is 20.4. The molecule has 0 aliphatic heterocycles. The van der Waals surface area contributed by atoms with Crippen molar-refractivity contribution in [1.82, 2.24) is 0 Å². The highest BCUT2D eigenvalue weighted by molar-refractivity contribution is 6.23. The number of rotatable bonds is 3. The van der Waals surface area contributed by atoms with Gasteiger partial charge in [-0.2, -0.15) is 0 Å². The molecule has 1 heteroatoms. The second-order valence-corrected chi connectivity index (χ2v) is 9.22. The summed E-state index contributed by atoms with van der Waals surface area (Å²) in [5, 5.41) is 2.81. The van der Waals surface area contributed by atoms with Crippen molar-refractivity contribution in [3.8, 4) is 33.4 Å². The van der Waals surface area contributed by atoms with Crippen LogP contribution in [0.2, 0.25) is 0 Å². The molecule has 1 aromatic heterocycles. The topological polar surface area (TPSA) is 13.1 Å². The second-order valence-electron chi connectivity index (χ2n) is 9.22. The third kappa shape index (κ3) is 3.41. The van der Waals surface area contributed by atoms with Crippen LogP contribution in [0.3, 0.4) is 0 Å². The van der Waals surface area contributed by atoms with Crippen LogP contribution in [0.25, 0.3) is 76.9 Å². The molecule has 1 heterocycles. The first-order valence-corrected chi connectivity index (χ1v) is 12.5. The SMILES string of the molecule is [2H]c1c([2H])c([2H])c(-c2c([2H])c(-c3c4ccccc4c(-c4ccccc4)c4ccccc34)c([2H])c3oc4c([2H])c([2H])c([2H])c([2H])c4c23)c([2H])c1[2H]. The zero-order chi connectivity index (χ0) is 35.3. The maximum atomic E-state index is 9.85. The quantitative estimate of drug-likeness (QED) is 0.217. The summed E-state index contributed by atoms with van der Waals surface area (Å²) in [6.45, 7) is 0. The molecule has 0 fully saturated rings. The molecule has 182 valence electrons. The molecule has 0 radical (unpaired) electrons. The third-order valence-electron chi connectivity index (χ3n) is 7.07. The lowest BCUT2D eigenvalue weighted by Crippen LogP contribution is -1.91. The molecular weight excluding hydrogens is 472 g/mol. The Morgan fingerprint density at radius 2 is 1.00 bits per heavy atom. The summed E-state index contributed by atoms with van der Waals surface area (Å²) in [7, 11) is 0.